The minimum Gasteiger partial charge on any atom is -0.454 e. The number of carbonyl (C=O) groups is 2. The average molecular weight is 493 g/mol. The predicted octanol–water partition coefficient (Wildman–Crippen LogP) is 4.42. The van der Waals surface area contributed by atoms with Crippen LogP contribution in [0.4, 0.5) is 0 Å². The van der Waals surface area contributed by atoms with Crippen LogP contribution in [-0.4, -0.2) is 47.2 Å². The topological polar surface area (TPSA) is 67.9 Å². The zero-order valence-corrected chi connectivity index (χ0v) is 19.6. The fourth-order valence-corrected chi connectivity index (χ4v) is 4.98. The molecule has 1 N–H and O–H groups in total. The summed E-state index contributed by atoms with van der Waals surface area (Å²) in [5, 5.41) is 3.19. The number of thiocarbonyl (C=S) groups is 1. The molecule has 0 bridgehead atoms. The van der Waals surface area contributed by atoms with Crippen LogP contribution in [0.3, 0.4) is 0 Å². The van der Waals surface area contributed by atoms with Gasteiger partial charge in [-0.15, -0.1) is 11.8 Å². The number of rotatable bonds is 6. The second-order valence-electron chi connectivity index (χ2n) is 6.55. The first-order valence-corrected chi connectivity index (χ1v) is 12.1. The van der Waals surface area contributed by atoms with E-state index in [9.17, 15) is 9.59 Å². The van der Waals surface area contributed by atoms with E-state index in [-0.39, 0.29) is 31.7 Å². The molecule has 2 aromatic carbocycles. The summed E-state index contributed by atoms with van der Waals surface area (Å²) in [6.07, 6.45) is 3.70. The lowest BCUT2D eigenvalue weighted by Crippen LogP contribution is -2.37. The highest BCUT2D eigenvalue weighted by Crippen LogP contribution is 2.36. The van der Waals surface area contributed by atoms with Crippen molar-refractivity contribution >= 4 is 69.6 Å². The highest BCUT2D eigenvalue weighted by molar-refractivity contribution is 8.26. The molecule has 0 radical (unpaired) electrons. The van der Waals surface area contributed by atoms with Crippen LogP contribution in [-0.2, 0) is 4.79 Å². The number of thioether (sulfide) groups is 2. The van der Waals surface area contributed by atoms with Crippen molar-refractivity contribution in [1.82, 2.24) is 10.2 Å². The van der Waals surface area contributed by atoms with E-state index in [1.54, 1.807) is 18.2 Å². The third-order valence-corrected chi connectivity index (χ3v) is 7.04. The number of fused-ring (bicyclic) bond motifs is 1. The molecule has 10 heteroatoms. The SMILES string of the molecule is CSc1ccc(Cl)c(C(=O)NCCN2C(=O)/C(=C\c3ccc4c(c3)OCO4)SC2=S)c1. The third-order valence-electron chi connectivity index (χ3n) is 4.61. The molecule has 160 valence electrons. The van der Waals surface area contributed by atoms with Gasteiger partial charge in [-0.05, 0) is 48.2 Å². The largest absolute Gasteiger partial charge is 0.454 e. The van der Waals surface area contributed by atoms with Crippen molar-refractivity contribution in [3.8, 4) is 11.5 Å². The number of nitrogens with zero attached hydrogens (tertiary/aromatic N) is 1. The second kappa shape index (κ2) is 9.52. The zero-order valence-electron chi connectivity index (χ0n) is 16.3. The van der Waals surface area contributed by atoms with Crippen LogP contribution in [0.5, 0.6) is 11.5 Å². The summed E-state index contributed by atoms with van der Waals surface area (Å²) < 4.78 is 11.1. The van der Waals surface area contributed by atoms with Crippen molar-refractivity contribution in [2.24, 2.45) is 0 Å². The van der Waals surface area contributed by atoms with Gasteiger partial charge in [0.15, 0.2) is 11.5 Å². The normalized spacial score (nSPS) is 16.3. The Bertz CT molecular complexity index is 1110. The summed E-state index contributed by atoms with van der Waals surface area (Å²) in [4.78, 5) is 28.2. The van der Waals surface area contributed by atoms with Crippen LogP contribution in [0.25, 0.3) is 6.08 Å². The summed E-state index contributed by atoms with van der Waals surface area (Å²) in [6, 6.07) is 10.8. The van der Waals surface area contributed by atoms with Crippen LogP contribution in [0.1, 0.15) is 15.9 Å². The Kier molecular flexibility index (Phi) is 6.76. The van der Waals surface area contributed by atoms with E-state index in [2.05, 4.69) is 5.32 Å². The first-order chi connectivity index (χ1) is 15.0. The summed E-state index contributed by atoms with van der Waals surface area (Å²) in [5.41, 5.74) is 1.22. The van der Waals surface area contributed by atoms with Gasteiger partial charge in [-0.2, -0.15) is 0 Å². The zero-order chi connectivity index (χ0) is 22.0. The van der Waals surface area contributed by atoms with Crippen molar-refractivity contribution in [3.05, 3.63) is 57.5 Å². The van der Waals surface area contributed by atoms with Crippen molar-refractivity contribution in [2.45, 2.75) is 4.90 Å². The second-order valence-corrected chi connectivity index (χ2v) is 9.51. The Labute approximate surface area is 198 Å². The Hall–Kier alpha value is -2.20. The number of ether oxygens (including phenoxy) is 2. The minimum atomic E-state index is -0.290. The van der Waals surface area contributed by atoms with Gasteiger partial charge in [-0.1, -0.05) is 41.6 Å². The fourth-order valence-electron chi connectivity index (χ4n) is 3.03. The Morgan fingerprint density at radius 3 is 2.90 bits per heavy atom. The van der Waals surface area contributed by atoms with Gasteiger partial charge >= 0.3 is 0 Å². The molecule has 2 aliphatic rings. The molecule has 0 unspecified atom stereocenters. The maximum atomic E-state index is 12.8. The molecule has 2 aromatic rings. The van der Waals surface area contributed by atoms with E-state index >= 15 is 0 Å². The lowest BCUT2D eigenvalue weighted by atomic mass is 10.2. The molecular formula is C21H17ClN2O4S3. The van der Waals surface area contributed by atoms with Crippen molar-refractivity contribution in [2.75, 3.05) is 26.1 Å². The number of nitrogens with one attached hydrogen (secondary N) is 1. The summed E-state index contributed by atoms with van der Waals surface area (Å²) in [5.74, 6) is 0.853. The van der Waals surface area contributed by atoms with Gasteiger partial charge in [0.2, 0.25) is 6.79 Å². The van der Waals surface area contributed by atoms with Crippen LogP contribution in [0.2, 0.25) is 5.02 Å². The van der Waals surface area contributed by atoms with Gasteiger partial charge in [0.05, 0.1) is 15.5 Å². The molecule has 0 aliphatic carbocycles. The van der Waals surface area contributed by atoms with E-state index in [1.165, 1.54) is 28.4 Å². The molecule has 0 atom stereocenters. The van der Waals surface area contributed by atoms with Crippen LogP contribution < -0.4 is 14.8 Å². The molecule has 0 aromatic heterocycles. The predicted molar refractivity (Wildman–Crippen MR) is 128 cm³/mol. The van der Waals surface area contributed by atoms with E-state index in [4.69, 9.17) is 33.3 Å². The first-order valence-electron chi connectivity index (χ1n) is 9.23. The Morgan fingerprint density at radius 2 is 2.10 bits per heavy atom. The molecule has 0 saturated carbocycles. The van der Waals surface area contributed by atoms with E-state index in [0.29, 0.717) is 31.3 Å². The number of carbonyl (C=O) groups excluding carboxylic acids is 2. The first kappa shape index (κ1) is 22.0. The quantitative estimate of drug-likeness (QED) is 0.363. The molecule has 2 aliphatic heterocycles. The van der Waals surface area contributed by atoms with Crippen molar-refractivity contribution in [3.63, 3.8) is 0 Å². The molecule has 6 nitrogen and oxygen atoms in total. The van der Waals surface area contributed by atoms with Crippen LogP contribution >= 0.6 is 47.3 Å². The number of benzene rings is 2. The van der Waals surface area contributed by atoms with Gasteiger partial charge in [-0.3, -0.25) is 14.5 Å². The summed E-state index contributed by atoms with van der Waals surface area (Å²) in [6.45, 7) is 0.719. The number of halogens is 1. The minimum absolute atomic E-state index is 0.190. The molecule has 1 fully saturated rings. The molecule has 2 heterocycles. The lowest BCUT2D eigenvalue weighted by Gasteiger charge is -2.15. The molecule has 1 saturated heterocycles. The van der Waals surface area contributed by atoms with Crippen LogP contribution in [0, 0.1) is 0 Å². The molecular weight excluding hydrogens is 476 g/mol. The molecule has 4 rings (SSSR count). The Morgan fingerprint density at radius 1 is 1.29 bits per heavy atom. The standard InChI is InChI=1S/C21H17ClN2O4S3/c1-30-13-3-4-15(22)14(10-13)19(25)23-6-7-24-20(26)18(31-21(24)29)9-12-2-5-16-17(8-12)28-11-27-16/h2-5,8-10H,6-7,11H2,1H3,(H,23,25)/b18-9+. The number of hydrogen-bond donors (Lipinski definition) is 1. The van der Waals surface area contributed by atoms with E-state index in [0.717, 1.165) is 10.5 Å². The van der Waals surface area contributed by atoms with Gasteiger partial charge in [-0.25, -0.2) is 0 Å². The van der Waals surface area contributed by atoms with Crippen LogP contribution in [0.15, 0.2) is 46.2 Å². The van der Waals surface area contributed by atoms with Gasteiger partial charge in [0.1, 0.15) is 4.32 Å². The van der Waals surface area contributed by atoms with Gasteiger partial charge < -0.3 is 14.8 Å². The van der Waals surface area contributed by atoms with E-state index < -0.39 is 0 Å². The van der Waals surface area contributed by atoms with Gasteiger partial charge in [0, 0.05) is 18.0 Å². The lowest BCUT2D eigenvalue weighted by molar-refractivity contribution is -0.122. The third kappa shape index (κ3) is 4.85. The highest BCUT2D eigenvalue weighted by Gasteiger charge is 2.31. The van der Waals surface area contributed by atoms with E-state index in [1.807, 2.05) is 30.5 Å². The maximum absolute atomic E-state index is 12.8. The Balaban J connectivity index is 1.38. The molecule has 2 amide bonds. The smallest absolute Gasteiger partial charge is 0.266 e. The fraction of sp³-hybridized carbons (Fsp3) is 0.190. The van der Waals surface area contributed by atoms with Crippen molar-refractivity contribution in [1.29, 1.82) is 0 Å². The molecule has 31 heavy (non-hydrogen) atoms. The number of amides is 2. The maximum Gasteiger partial charge on any atom is 0.266 e. The number of hydrogen-bond acceptors (Lipinski definition) is 7. The molecule has 0 spiro atoms. The van der Waals surface area contributed by atoms with Crippen molar-refractivity contribution < 1.29 is 19.1 Å². The van der Waals surface area contributed by atoms with Gasteiger partial charge in [0.25, 0.3) is 11.8 Å². The average Bonchev–Trinajstić information content (AvgIpc) is 3.33. The summed E-state index contributed by atoms with van der Waals surface area (Å²) >= 11 is 14.3. The highest BCUT2D eigenvalue weighted by atomic mass is 35.5. The monoisotopic (exact) mass is 492 g/mol. The summed E-state index contributed by atoms with van der Waals surface area (Å²) in [7, 11) is 0.